The molecule has 1 saturated heterocycles. The molecule has 0 radical (unpaired) electrons. The second-order valence-electron chi connectivity index (χ2n) is 6.34. The molecule has 21 heavy (non-hydrogen) atoms. The van der Waals surface area contributed by atoms with Crippen molar-refractivity contribution in [2.24, 2.45) is 5.92 Å². The summed E-state index contributed by atoms with van der Waals surface area (Å²) in [5, 5.41) is 0. The number of piperazine rings is 1. The van der Waals surface area contributed by atoms with Crippen molar-refractivity contribution in [2.75, 3.05) is 45.9 Å². The second kappa shape index (κ2) is 7.38. The SMILES string of the molecule is Cc1ocnc1CN1CCN(CCOCC2CCC2)CC1. The van der Waals surface area contributed by atoms with Gasteiger partial charge in [-0.05, 0) is 25.7 Å². The molecule has 2 heterocycles. The molecule has 2 fully saturated rings. The molecule has 1 aliphatic carbocycles. The van der Waals surface area contributed by atoms with Gasteiger partial charge in [0.1, 0.15) is 5.76 Å². The Balaban J connectivity index is 1.28. The summed E-state index contributed by atoms with van der Waals surface area (Å²) in [5.41, 5.74) is 1.08. The smallest absolute Gasteiger partial charge is 0.181 e. The highest BCUT2D eigenvalue weighted by atomic mass is 16.5. The van der Waals surface area contributed by atoms with Crippen molar-refractivity contribution in [2.45, 2.75) is 32.7 Å². The van der Waals surface area contributed by atoms with Crippen LogP contribution < -0.4 is 0 Å². The maximum absolute atomic E-state index is 5.79. The zero-order valence-electron chi connectivity index (χ0n) is 13.1. The first kappa shape index (κ1) is 15.0. The number of ether oxygens (including phenoxy) is 1. The average molecular weight is 293 g/mol. The van der Waals surface area contributed by atoms with E-state index in [1.165, 1.54) is 19.3 Å². The minimum atomic E-state index is 0.854. The molecule has 0 N–H and O–H groups in total. The van der Waals surface area contributed by atoms with E-state index in [-0.39, 0.29) is 0 Å². The first-order valence-electron chi connectivity index (χ1n) is 8.22. The summed E-state index contributed by atoms with van der Waals surface area (Å²) in [4.78, 5) is 9.24. The van der Waals surface area contributed by atoms with E-state index >= 15 is 0 Å². The number of rotatable bonds is 7. The fourth-order valence-corrected chi connectivity index (χ4v) is 2.97. The Morgan fingerprint density at radius 2 is 2.00 bits per heavy atom. The van der Waals surface area contributed by atoms with E-state index in [2.05, 4.69) is 14.8 Å². The topological polar surface area (TPSA) is 41.7 Å². The van der Waals surface area contributed by atoms with Crippen molar-refractivity contribution < 1.29 is 9.15 Å². The third-order valence-corrected chi connectivity index (χ3v) is 4.81. The van der Waals surface area contributed by atoms with E-state index in [1.54, 1.807) is 6.39 Å². The highest BCUT2D eigenvalue weighted by molar-refractivity contribution is 5.04. The lowest BCUT2D eigenvalue weighted by Gasteiger charge is -2.34. The molecule has 0 atom stereocenters. The van der Waals surface area contributed by atoms with Crippen molar-refractivity contribution in [3.8, 4) is 0 Å². The van der Waals surface area contributed by atoms with Crippen LogP contribution >= 0.6 is 0 Å². The molecule has 2 aliphatic rings. The summed E-state index contributed by atoms with van der Waals surface area (Å²) in [6, 6.07) is 0. The third-order valence-electron chi connectivity index (χ3n) is 4.81. The molecule has 0 unspecified atom stereocenters. The number of hydrogen-bond acceptors (Lipinski definition) is 5. The molecule has 3 rings (SSSR count). The van der Waals surface area contributed by atoms with Gasteiger partial charge in [-0.1, -0.05) is 6.42 Å². The molecule has 0 spiro atoms. The van der Waals surface area contributed by atoms with Crippen LogP contribution in [0.2, 0.25) is 0 Å². The molecule has 1 saturated carbocycles. The average Bonchev–Trinajstić information content (AvgIpc) is 2.84. The second-order valence-corrected chi connectivity index (χ2v) is 6.34. The van der Waals surface area contributed by atoms with Crippen LogP contribution in [0, 0.1) is 12.8 Å². The minimum absolute atomic E-state index is 0.854. The predicted molar refractivity (Wildman–Crippen MR) is 81.1 cm³/mol. The first-order chi connectivity index (χ1) is 10.3. The van der Waals surface area contributed by atoms with E-state index in [1.807, 2.05) is 6.92 Å². The molecule has 5 nitrogen and oxygen atoms in total. The zero-order valence-corrected chi connectivity index (χ0v) is 13.1. The van der Waals surface area contributed by atoms with Crippen LogP contribution in [0.4, 0.5) is 0 Å². The lowest BCUT2D eigenvalue weighted by molar-refractivity contribution is 0.0420. The van der Waals surface area contributed by atoms with Crippen LogP contribution in [0.5, 0.6) is 0 Å². The Morgan fingerprint density at radius 1 is 1.24 bits per heavy atom. The van der Waals surface area contributed by atoms with Crippen molar-refractivity contribution in [3.05, 3.63) is 17.8 Å². The van der Waals surface area contributed by atoms with E-state index in [0.717, 1.165) is 69.9 Å². The first-order valence-corrected chi connectivity index (χ1v) is 8.22. The van der Waals surface area contributed by atoms with Crippen LogP contribution in [-0.2, 0) is 11.3 Å². The molecule has 0 amide bonds. The highest BCUT2D eigenvalue weighted by Crippen LogP contribution is 2.26. The number of hydrogen-bond donors (Lipinski definition) is 0. The van der Waals surface area contributed by atoms with Gasteiger partial charge in [0.15, 0.2) is 6.39 Å². The lowest BCUT2D eigenvalue weighted by atomic mass is 9.86. The molecule has 118 valence electrons. The molecular weight excluding hydrogens is 266 g/mol. The van der Waals surface area contributed by atoms with Crippen LogP contribution in [-0.4, -0.2) is 60.7 Å². The summed E-state index contributed by atoms with van der Waals surface area (Å²) < 4.78 is 11.1. The Bertz CT molecular complexity index is 423. The normalized spacial score (nSPS) is 21.6. The van der Waals surface area contributed by atoms with E-state index in [0.29, 0.717) is 0 Å². The summed E-state index contributed by atoms with van der Waals surface area (Å²) in [6.45, 7) is 10.3. The highest BCUT2D eigenvalue weighted by Gasteiger charge is 2.19. The maximum atomic E-state index is 5.79. The van der Waals surface area contributed by atoms with Gasteiger partial charge in [-0.15, -0.1) is 0 Å². The van der Waals surface area contributed by atoms with Gasteiger partial charge in [0.25, 0.3) is 0 Å². The van der Waals surface area contributed by atoms with Gasteiger partial charge in [0.05, 0.1) is 12.3 Å². The van der Waals surface area contributed by atoms with Gasteiger partial charge >= 0.3 is 0 Å². The Hall–Kier alpha value is -0.910. The number of nitrogens with zero attached hydrogens (tertiary/aromatic N) is 3. The van der Waals surface area contributed by atoms with Crippen molar-refractivity contribution in [3.63, 3.8) is 0 Å². The van der Waals surface area contributed by atoms with Crippen LogP contribution in [0.15, 0.2) is 10.8 Å². The molecule has 0 bridgehead atoms. The largest absolute Gasteiger partial charge is 0.448 e. The van der Waals surface area contributed by atoms with E-state index in [4.69, 9.17) is 9.15 Å². The minimum Gasteiger partial charge on any atom is -0.448 e. The fourth-order valence-electron chi connectivity index (χ4n) is 2.97. The van der Waals surface area contributed by atoms with Crippen molar-refractivity contribution in [1.29, 1.82) is 0 Å². The third kappa shape index (κ3) is 4.28. The molecule has 5 heteroatoms. The van der Waals surface area contributed by atoms with Crippen LogP contribution in [0.25, 0.3) is 0 Å². The summed E-state index contributed by atoms with van der Waals surface area (Å²) in [5.74, 6) is 1.80. The monoisotopic (exact) mass is 293 g/mol. The predicted octanol–water partition coefficient (Wildman–Crippen LogP) is 1.92. The van der Waals surface area contributed by atoms with Gasteiger partial charge in [-0.25, -0.2) is 4.98 Å². The fraction of sp³-hybridized carbons (Fsp3) is 0.812. The zero-order chi connectivity index (χ0) is 14.5. The molecule has 0 aromatic carbocycles. The van der Waals surface area contributed by atoms with E-state index in [9.17, 15) is 0 Å². The Labute approximate surface area is 127 Å². The van der Waals surface area contributed by atoms with Crippen LogP contribution in [0.1, 0.15) is 30.7 Å². The quantitative estimate of drug-likeness (QED) is 0.718. The Kier molecular flexibility index (Phi) is 5.27. The van der Waals surface area contributed by atoms with Gasteiger partial charge in [-0.3, -0.25) is 9.80 Å². The van der Waals surface area contributed by atoms with Crippen molar-refractivity contribution in [1.82, 2.24) is 14.8 Å². The van der Waals surface area contributed by atoms with Gasteiger partial charge in [-0.2, -0.15) is 0 Å². The summed E-state index contributed by atoms with van der Waals surface area (Å²) in [6.07, 6.45) is 5.70. The maximum Gasteiger partial charge on any atom is 0.181 e. The summed E-state index contributed by atoms with van der Waals surface area (Å²) >= 11 is 0. The van der Waals surface area contributed by atoms with Gasteiger partial charge in [0.2, 0.25) is 0 Å². The van der Waals surface area contributed by atoms with Crippen molar-refractivity contribution >= 4 is 0 Å². The molecular formula is C16H27N3O2. The lowest BCUT2D eigenvalue weighted by Crippen LogP contribution is -2.47. The van der Waals surface area contributed by atoms with Crippen LogP contribution in [0.3, 0.4) is 0 Å². The molecule has 1 aromatic heterocycles. The molecule has 1 aliphatic heterocycles. The Morgan fingerprint density at radius 3 is 2.62 bits per heavy atom. The number of aromatic nitrogens is 1. The van der Waals surface area contributed by atoms with Gasteiger partial charge in [0, 0.05) is 45.9 Å². The molecule has 1 aromatic rings. The van der Waals surface area contributed by atoms with E-state index < -0.39 is 0 Å². The summed E-state index contributed by atoms with van der Waals surface area (Å²) in [7, 11) is 0. The van der Waals surface area contributed by atoms with Gasteiger partial charge < -0.3 is 9.15 Å². The standard InChI is InChI=1S/C16H27N3O2/c1-14-16(17-13-21-14)11-19-7-5-18(6-8-19)9-10-20-12-15-3-2-4-15/h13,15H,2-12H2,1H3. The number of aryl methyl sites for hydroxylation is 1. The number of oxazole rings is 1.